The van der Waals surface area contributed by atoms with Gasteiger partial charge in [-0.05, 0) is 23.8 Å². The van der Waals surface area contributed by atoms with E-state index in [4.69, 9.17) is 0 Å². The molecule has 0 saturated carbocycles. The molecule has 7 nitrogen and oxygen atoms in total. The number of H-pyrrole nitrogens is 1. The molecule has 2 aliphatic heterocycles. The van der Waals surface area contributed by atoms with Gasteiger partial charge in [-0.3, -0.25) is 14.4 Å². The van der Waals surface area contributed by atoms with Gasteiger partial charge in [-0.2, -0.15) is 0 Å². The quantitative estimate of drug-likeness (QED) is 0.352. The zero-order valence-corrected chi connectivity index (χ0v) is 22.3. The van der Waals surface area contributed by atoms with Gasteiger partial charge in [-0.15, -0.1) is 11.8 Å². The second-order valence-electron chi connectivity index (χ2n) is 10.1. The van der Waals surface area contributed by atoms with E-state index in [0.29, 0.717) is 32.7 Å². The molecule has 1 aromatic heterocycles. The number of carbonyl (C=O) groups excluding carboxylic acids is 3. The minimum Gasteiger partial charge on any atom is -0.361 e. The highest BCUT2D eigenvalue weighted by Crippen LogP contribution is 2.55. The van der Waals surface area contributed by atoms with Gasteiger partial charge in [0.2, 0.25) is 18.2 Å². The number of rotatable bonds is 7. The molecular formula is C31H30N4O3S. The number of aromatic nitrogens is 1. The summed E-state index contributed by atoms with van der Waals surface area (Å²) < 4.78 is -1.08. The highest BCUT2D eigenvalue weighted by atomic mass is 32.2. The van der Waals surface area contributed by atoms with Crippen molar-refractivity contribution >= 4 is 40.9 Å². The van der Waals surface area contributed by atoms with Crippen molar-refractivity contribution in [3.63, 3.8) is 0 Å². The SMILES string of the molecule is O=CN1CCN(C(=O)C2(Sc3ccccc3)CC(=O)N(Cc3ccccc3)C2c2c[nH]c3ccccc23)CC1. The zero-order chi connectivity index (χ0) is 26.8. The molecule has 3 heterocycles. The van der Waals surface area contributed by atoms with E-state index in [1.807, 2.05) is 94.9 Å². The predicted molar refractivity (Wildman–Crippen MR) is 152 cm³/mol. The number of nitrogens with one attached hydrogen (secondary N) is 1. The number of piperazine rings is 1. The number of amides is 3. The van der Waals surface area contributed by atoms with Crippen molar-refractivity contribution in [3.05, 3.63) is 102 Å². The monoisotopic (exact) mass is 538 g/mol. The third-order valence-corrected chi connectivity index (χ3v) is 9.17. The average Bonchev–Trinajstić information content (AvgIpc) is 3.52. The molecule has 2 fully saturated rings. The molecule has 0 radical (unpaired) electrons. The summed E-state index contributed by atoms with van der Waals surface area (Å²) in [6, 6.07) is 27.4. The summed E-state index contributed by atoms with van der Waals surface area (Å²) in [7, 11) is 0. The molecule has 0 spiro atoms. The molecule has 0 bridgehead atoms. The molecule has 2 atom stereocenters. The molecule has 2 saturated heterocycles. The Morgan fingerprint density at radius 2 is 1.59 bits per heavy atom. The van der Waals surface area contributed by atoms with Gasteiger partial charge in [-0.1, -0.05) is 66.7 Å². The van der Waals surface area contributed by atoms with Crippen molar-refractivity contribution in [2.75, 3.05) is 26.2 Å². The highest BCUT2D eigenvalue weighted by Gasteiger charge is 2.59. The van der Waals surface area contributed by atoms with Crippen molar-refractivity contribution < 1.29 is 14.4 Å². The topological polar surface area (TPSA) is 76.7 Å². The highest BCUT2D eigenvalue weighted by molar-refractivity contribution is 8.01. The van der Waals surface area contributed by atoms with Gasteiger partial charge in [0, 0.05) is 60.3 Å². The third kappa shape index (κ3) is 4.69. The van der Waals surface area contributed by atoms with E-state index in [1.165, 1.54) is 11.8 Å². The van der Waals surface area contributed by atoms with Gasteiger partial charge < -0.3 is 19.7 Å². The van der Waals surface area contributed by atoms with E-state index in [9.17, 15) is 14.4 Å². The molecule has 1 N–H and O–H groups in total. The second kappa shape index (κ2) is 10.6. The van der Waals surface area contributed by atoms with Gasteiger partial charge in [-0.25, -0.2) is 0 Å². The third-order valence-electron chi connectivity index (χ3n) is 7.75. The molecule has 3 aromatic carbocycles. The van der Waals surface area contributed by atoms with E-state index >= 15 is 0 Å². The molecule has 2 aliphatic rings. The summed E-state index contributed by atoms with van der Waals surface area (Å²) in [4.78, 5) is 49.8. The first-order valence-corrected chi connectivity index (χ1v) is 14.0. The number of hydrogen-bond acceptors (Lipinski definition) is 4. The fraction of sp³-hybridized carbons (Fsp3) is 0.258. The number of thioether (sulfide) groups is 1. The maximum absolute atomic E-state index is 14.7. The number of nitrogens with zero attached hydrogens (tertiary/aromatic N) is 3. The normalized spacial score (nSPS) is 21.5. The summed E-state index contributed by atoms with van der Waals surface area (Å²) in [5.41, 5.74) is 2.93. The molecule has 3 amide bonds. The lowest BCUT2D eigenvalue weighted by Gasteiger charge is -2.42. The van der Waals surface area contributed by atoms with Crippen LogP contribution in [-0.2, 0) is 20.9 Å². The smallest absolute Gasteiger partial charge is 0.242 e. The molecule has 198 valence electrons. The van der Waals surface area contributed by atoms with Crippen LogP contribution in [-0.4, -0.2) is 68.8 Å². The summed E-state index contributed by atoms with van der Waals surface area (Å²) >= 11 is 1.49. The first-order valence-electron chi connectivity index (χ1n) is 13.2. The number of carbonyl (C=O) groups is 3. The van der Waals surface area contributed by atoms with Crippen LogP contribution in [0.1, 0.15) is 23.6 Å². The van der Waals surface area contributed by atoms with E-state index in [2.05, 4.69) is 11.1 Å². The van der Waals surface area contributed by atoms with Crippen molar-refractivity contribution in [2.45, 2.75) is 28.6 Å². The Balaban J connectivity index is 1.50. The fourth-order valence-corrected chi connectivity index (χ4v) is 7.33. The van der Waals surface area contributed by atoms with Crippen LogP contribution in [0.25, 0.3) is 10.9 Å². The standard InChI is InChI=1S/C31H30N4O3S/c36-22-33-15-17-34(18-16-33)30(38)31(39-24-11-5-2-6-12-24)19-28(37)35(21-23-9-3-1-4-10-23)29(31)26-20-32-27-14-8-7-13-25(26)27/h1-14,20,22,29,32H,15-19,21H2. The van der Waals surface area contributed by atoms with Gasteiger partial charge in [0.25, 0.3) is 0 Å². The van der Waals surface area contributed by atoms with Crippen LogP contribution >= 0.6 is 11.8 Å². The lowest BCUT2D eigenvalue weighted by Crippen LogP contribution is -2.56. The first-order chi connectivity index (χ1) is 19.1. The fourth-order valence-electron chi connectivity index (χ4n) is 5.84. The Bertz CT molecular complexity index is 1480. The number of para-hydroxylation sites is 1. The number of hydrogen-bond donors (Lipinski definition) is 1. The van der Waals surface area contributed by atoms with Crippen molar-refractivity contribution in [3.8, 4) is 0 Å². The molecule has 8 heteroatoms. The van der Waals surface area contributed by atoms with E-state index < -0.39 is 10.8 Å². The van der Waals surface area contributed by atoms with E-state index in [-0.39, 0.29) is 18.2 Å². The lowest BCUT2D eigenvalue weighted by molar-refractivity contribution is -0.138. The largest absolute Gasteiger partial charge is 0.361 e. The molecule has 39 heavy (non-hydrogen) atoms. The number of aromatic amines is 1. The van der Waals surface area contributed by atoms with Crippen LogP contribution in [0.2, 0.25) is 0 Å². The average molecular weight is 539 g/mol. The van der Waals surface area contributed by atoms with E-state index in [0.717, 1.165) is 33.3 Å². The van der Waals surface area contributed by atoms with Gasteiger partial charge in [0.15, 0.2) is 0 Å². The van der Waals surface area contributed by atoms with Crippen LogP contribution in [0.5, 0.6) is 0 Å². The Morgan fingerprint density at radius 3 is 2.31 bits per heavy atom. The predicted octanol–water partition coefficient (Wildman–Crippen LogP) is 4.47. The van der Waals surface area contributed by atoms with Gasteiger partial charge >= 0.3 is 0 Å². The maximum atomic E-state index is 14.7. The van der Waals surface area contributed by atoms with Crippen molar-refractivity contribution in [1.29, 1.82) is 0 Å². The minimum absolute atomic E-state index is 0.0440. The summed E-state index contributed by atoms with van der Waals surface area (Å²) in [6.45, 7) is 2.28. The maximum Gasteiger partial charge on any atom is 0.242 e. The first kappa shape index (κ1) is 25.2. The molecule has 0 aliphatic carbocycles. The molecule has 4 aromatic rings. The molecule has 6 rings (SSSR count). The summed E-state index contributed by atoms with van der Waals surface area (Å²) in [5, 5.41) is 1.01. The minimum atomic E-state index is -1.08. The second-order valence-corrected chi connectivity index (χ2v) is 11.5. The Kier molecular flexibility index (Phi) is 6.87. The lowest BCUT2D eigenvalue weighted by atomic mass is 9.90. The van der Waals surface area contributed by atoms with Crippen molar-refractivity contribution in [2.24, 2.45) is 0 Å². The van der Waals surface area contributed by atoms with Crippen LogP contribution in [0.4, 0.5) is 0 Å². The zero-order valence-electron chi connectivity index (χ0n) is 21.5. The summed E-state index contributed by atoms with van der Waals surface area (Å²) in [5.74, 6) is -0.0986. The van der Waals surface area contributed by atoms with Crippen LogP contribution in [0.15, 0.2) is 96.0 Å². The Labute approximate surface area is 231 Å². The van der Waals surface area contributed by atoms with Crippen molar-refractivity contribution in [1.82, 2.24) is 19.7 Å². The summed E-state index contributed by atoms with van der Waals surface area (Å²) in [6.07, 6.45) is 2.89. The van der Waals surface area contributed by atoms with E-state index in [1.54, 1.807) is 4.90 Å². The number of benzene rings is 3. The van der Waals surface area contributed by atoms with Crippen LogP contribution in [0.3, 0.4) is 0 Å². The number of likely N-dealkylation sites (tertiary alicyclic amines) is 1. The Hall–Kier alpha value is -4.04. The van der Waals surface area contributed by atoms with Gasteiger partial charge in [0.05, 0.1) is 12.5 Å². The molecular weight excluding hydrogens is 508 g/mol. The van der Waals surface area contributed by atoms with Gasteiger partial charge in [0.1, 0.15) is 4.75 Å². The Morgan fingerprint density at radius 1 is 0.923 bits per heavy atom. The van der Waals surface area contributed by atoms with Crippen LogP contribution in [0, 0.1) is 0 Å². The number of fused-ring (bicyclic) bond motifs is 1. The van der Waals surface area contributed by atoms with Crippen LogP contribution < -0.4 is 0 Å². The molecule has 2 unspecified atom stereocenters.